The van der Waals surface area contributed by atoms with Gasteiger partial charge in [0, 0.05) is 6.20 Å². The highest BCUT2D eigenvalue weighted by molar-refractivity contribution is 6.33. The lowest BCUT2D eigenvalue weighted by molar-refractivity contribution is -0.174. The molecule has 4 rings (SSSR count). The van der Waals surface area contributed by atoms with E-state index in [0.29, 0.717) is 10.9 Å². The third-order valence-electron chi connectivity index (χ3n) is 4.97. The Kier molecular flexibility index (Phi) is 7.08. The number of hydrazine groups is 1. The quantitative estimate of drug-likeness (QED) is 0.247. The second-order valence-corrected chi connectivity index (χ2v) is 7.96. The van der Waals surface area contributed by atoms with Crippen molar-refractivity contribution in [3.8, 4) is 28.3 Å². The Bertz CT molecular complexity index is 1560. The zero-order valence-corrected chi connectivity index (χ0v) is 19.3. The van der Waals surface area contributed by atoms with Crippen LogP contribution in [0.2, 0.25) is 5.02 Å². The van der Waals surface area contributed by atoms with Crippen LogP contribution in [0.1, 0.15) is 16.1 Å². The molecule has 204 valence electrons. The van der Waals surface area contributed by atoms with Gasteiger partial charge in [0.25, 0.3) is 5.91 Å². The lowest BCUT2D eigenvalue weighted by Gasteiger charge is -2.11. The van der Waals surface area contributed by atoms with Crippen molar-refractivity contribution in [1.82, 2.24) is 25.8 Å². The number of amides is 2. The normalized spacial score (nSPS) is 11.9. The Balaban J connectivity index is 1.93. The van der Waals surface area contributed by atoms with Crippen LogP contribution in [0.25, 0.3) is 28.3 Å². The molecule has 39 heavy (non-hydrogen) atoms. The predicted molar refractivity (Wildman–Crippen MR) is 116 cm³/mol. The molecule has 0 radical (unpaired) electrons. The molecule has 0 atom stereocenters. The topological polar surface area (TPSA) is 102 Å². The van der Waals surface area contributed by atoms with Crippen molar-refractivity contribution in [3.05, 3.63) is 76.6 Å². The van der Waals surface area contributed by atoms with Crippen molar-refractivity contribution in [2.45, 2.75) is 12.4 Å². The zero-order valence-electron chi connectivity index (χ0n) is 18.6. The van der Waals surface area contributed by atoms with Gasteiger partial charge in [0.15, 0.2) is 11.5 Å². The van der Waals surface area contributed by atoms with E-state index in [4.69, 9.17) is 16.1 Å². The molecule has 0 saturated heterocycles. The van der Waals surface area contributed by atoms with Gasteiger partial charge in [0.2, 0.25) is 0 Å². The minimum atomic E-state index is -5.45. The molecule has 0 fully saturated rings. The van der Waals surface area contributed by atoms with Gasteiger partial charge in [-0.05, 0) is 30.3 Å². The van der Waals surface area contributed by atoms with Crippen LogP contribution in [0.5, 0.6) is 0 Å². The number of hydrogen-bond donors (Lipinski definition) is 2. The van der Waals surface area contributed by atoms with E-state index in [1.54, 1.807) is 0 Å². The van der Waals surface area contributed by atoms with E-state index < -0.39 is 74.7 Å². The van der Waals surface area contributed by atoms with E-state index in [0.717, 1.165) is 35.8 Å². The predicted octanol–water partition coefficient (Wildman–Crippen LogP) is 5.47. The molecule has 0 aliphatic heterocycles. The first-order chi connectivity index (χ1) is 18.2. The van der Waals surface area contributed by atoms with Crippen molar-refractivity contribution in [1.29, 1.82) is 0 Å². The lowest BCUT2D eigenvalue weighted by atomic mass is 10.0. The molecule has 2 aromatic carbocycles. The molecule has 2 amide bonds. The number of benzene rings is 2. The number of alkyl halides is 6. The van der Waals surface area contributed by atoms with Crippen LogP contribution >= 0.6 is 11.6 Å². The summed E-state index contributed by atoms with van der Waals surface area (Å²) in [4.78, 5) is 24.1. The van der Waals surface area contributed by atoms with E-state index in [1.807, 2.05) is 0 Å². The van der Waals surface area contributed by atoms with Crippen LogP contribution in [-0.4, -0.2) is 32.9 Å². The SMILES string of the molecule is O=C(NNC(=O)C(F)(F)F)c1c(-c2c(F)cccc2Cl)noc1-c1cn(-c2cccc(F)c2)nc1C(F)(F)F. The molecule has 8 nitrogen and oxygen atoms in total. The molecular weight excluding hydrogens is 570 g/mol. The number of carbonyl (C=O) groups is 2. The first kappa shape index (κ1) is 27.6. The lowest BCUT2D eigenvalue weighted by Crippen LogP contribution is -2.47. The van der Waals surface area contributed by atoms with Gasteiger partial charge in [-0.3, -0.25) is 20.4 Å². The summed E-state index contributed by atoms with van der Waals surface area (Å²) in [5, 5.41) is 6.43. The number of nitrogens with zero attached hydrogens (tertiary/aromatic N) is 3. The fourth-order valence-corrected chi connectivity index (χ4v) is 3.58. The van der Waals surface area contributed by atoms with Crippen molar-refractivity contribution in [3.63, 3.8) is 0 Å². The number of halogens is 9. The highest BCUT2D eigenvalue weighted by Crippen LogP contribution is 2.42. The second kappa shape index (κ2) is 10.0. The summed E-state index contributed by atoms with van der Waals surface area (Å²) in [7, 11) is 0. The molecular formula is C22H10ClF8N5O3. The van der Waals surface area contributed by atoms with Crippen LogP contribution in [-0.2, 0) is 11.0 Å². The van der Waals surface area contributed by atoms with Gasteiger partial charge in [-0.1, -0.05) is 28.9 Å². The summed E-state index contributed by atoms with van der Waals surface area (Å²) >= 11 is 5.98. The zero-order chi connectivity index (χ0) is 28.7. The van der Waals surface area contributed by atoms with Gasteiger partial charge in [0.05, 0.1) is 21.8 Å². The van der Waals surface area contributed by atoms with Crippen LogP contribution in [0.15, 0.2) is 53.2 Å². The van der Waals surface area contributed by atoms with Gasteiger partial charge < -0.3 is 4.52 Å². The molecule has 0 saturated carbocycles. The maximum Gasteiger partial charge on any atom is 0.472 e. The molecule has 2 N–H and O–H groups in total. The number of hydrogen-bond acceptors (Lipinski definition) is 5. The van der Waals surface area contributed by atoms with Gasteiger partial charge in [-0.2, -0.15) is 31.4 Å². The number of rotatable bonds is 4. The highest BCUT2D eigenvalue weighted by Gasteiger charge is 2.42. The largest absolute Gasteiger partial charge is 0.472 e. The van der Waals surface area contributed by atoms with Gasteiger partial charge in [-0.15, -0.1) is 0 Å². The van der Waals surface area contributed by atoms with Crippen LogP contribution in [0, 0.1) is 11.6 Å². The standard InChI is InChI=1S/C22H10ClF8N5O3/c23-12-5-2-6-13(25)14(12)16-15(19(37)32-33-20(38)22(29,30)31)17(39-35-16)11-8-36(34-18(11)21(26,27)28)10-4-1-3-9(24)7-10/h1-8H,(H,32,37)(H,33,38). The molecule has 2 heterocycles. The molecule has 17 heteroatoms. The fraction of sp³-hybridized carbons (Fsp3) is 0.0909. The molecule has 0 bridgehead atoms. The van der Waals surface area contributed by atoms with Gasteiger partial charge >= 0.3 is 18.3 Å². The third kappa shape index (κ3) is 5.55. The molecule has 0 aliphatic rings. The van der Waals surface area contributed by atoms with Crippen LogP contribution in [0.3, 0.4) is 0 Å². The first-order valence-corrected chi connectivity index (χ1v) is 10.6. The van der Waals surface area contributed by atoms with E-state index in [1.165, 1.54) is 17.6 Å². The molecule has 0 spiro atoms. The number of carbonyl (C=O) groups excluding carboxylic acids is 2. The average molecular weight is 580 g/mol. The molecule has 2 aromatic heterocycles. The van der Waals surface area contributed by atoms with E-state index in [2.05, 4.69) is 10.3 Å². The molecule has 4 aromatic rings. The fourth-order valence-electron chi connectivity index (χ4n) is 3.33. The van der Waals surface area contributed by atoms with Gasteiger partial charge in [0.1, 0.15) is 22.9 Å². The van der Waals surface area contributed by atoms with E-state index in [9.17, 15) is 44.7 Å². The average Bonchev–Trinajstić information content (AvgIpc) is 3.46. The van der Waals surface area contributed by atoms with Gasteiger partial charge in [-0.25, -0.2) is 13.5 Å². The maximum atomic E-state index is 14.6. The summed E-state index contributed by atoms with van der Waals surface area (Å²) < 4.78 is 113. The number of nitrogens with one attached hydrogen (secondary N) is 2. The Labute approximate surface area is 216 Å². The van der Waals surface area contributed by atoms with E-state index >= 15 is 0 Å². The maximum absolute atomic E-state index is 14.6. The van der Waals surface area contributed by atoms with Crippen molar-refractivity contribution < 1.29 is 49.2 Å². The Hall–Kier alpha value is -4.47. The minimum Gasteiger partial charge on any atom is -0.355 e. The second-order valence-electron chi connectivity index (χ2n) is 7.55. The molecule has 0 aliphatic carbocycles. The summed E-state index contributed by atoms with van der Waals surface area (Å²) in [5.41, 5.74) is -2.93. The monoisotopic (exact) mass is 579 g/mol. The summed E-state index contributed by atoms with van der Waals surface area (Å²) in [6.07, 6.45) is -9.98. The van der Waals surface area contributed by atoms with Crippen molar-refractivity contribution >= 4 is 23.4 Å². The van der Waals surface area contributed by atoms with Crippen molar-refractivity contribution in [2.24, 2.45) is 0 Å². The van der Waals surface area contributed by atoms with Crippen LogP contribution < -0.4 is 10.9 Å². The van der Waals surface area contributed by atoms with Crippen LogP contribution in [0.4, 0.5) is 35.1 Å². The Morgan fingerprint density at radius 3 is 2.28 bits per heavy atom. The van der Waals surface area contributed by atoms with E-state index in [-0.39, 0.29) is 5.69 Å². The first-order valence-electron chi connectivity index (χ1n) is 10.2. The Morgan fingerprint density at radius 1 is 0.974 bits per heavy atom. The molecule has 0 unspecified atom stereocenters. The summed E-state index contributed by atoms with van der Waals surface area (Å²) in [5.74, 6) is -7.28. The number of aromatic nitrogens is 3. The Morgan fingerprint density at radius 2 is 1.67 bits per heavy atom. The van der Waals surface area contributed by atoms with Crippen molar-refractivity contribution in [2.75, 3.05) is 0 Å². The summed E-state index contributed by atoms with van der Waals surface area (Å²) in [6.45, 7) is 0. The smallest absolute Gasteiger partial charge is 0.355 e. The highest BCUT2D eigenvalue weighted by atomic mass is 35.5. The minimum absolute atomic E-state index is 0.188. The summed E-state index contributed by atoms with van der Waals surface area (Å²) in [6, 6.07) is 7.35. The third-order valence-corrected chi connectivity index (χ3v) is 5.28.